The van der Waals surface area contributed by atoms with Crippen molar-refractivity contribution in [2.24, 2.45) is 0 Å². The van der Waals surface area contributed by atoms with Crippen LogP contribution in [0.25, 0.3) is 16.7 Å². The third-order valence-corrected chi connectivity index (χ3v) is 6.81. The normalized spacial score (nSPS) is 11.6. The Labute approximate surface area is 183 Å². The molecule has 0 saturated heterocycles. The second-order valence-corrected chi connectivity index (χ2v) is 9.12. The fourth-order valence-electron chi connectivity index (χ4n) is 3.34. The maximum Gasteiger partial charge on any atom is 0.254 e. The van der Waals surface area contributed by atoms with Crippen molar-refractivity contribution < 1.29 is 13.2 Å². The molecular formula is C23H17N5O3S. The largest absolute Gasteiger partial charge is 0.348 e. The molecule has 1 amide bonds. The summed E-state index contributed by atoms with van der Waals surface area (Å²) in [6.07, 6.45) is 7.80. The number of carbonyl (C=O) groups is 1. The Hall–Kier alpha value is -4.11. The molecule has 0 spiro atoms. The van der Waals surface area contributed by atoms with Crippen LogP contribution in [0.4, 0.5) is 0 Å². The van der Waals surface area contributed by atoms with Crippen LogP contribution >= 0.6 is 0 Å². The molecule has 2 aromatic carbocycles. The quantitative estimate of drug-likeness (QED) is 0.448. The van der Waals surface area contributed by atoms with Crippen molar-refractivity contribution in [3.05, 3.63) is 96.7 Å². The average molecular weight is 443 g/mol. The number of amides is 1. The van der Waals surface area contributed by atoms with E-state index < -0.39 is 9.84 Å². The third-order valence-electron chi connectivity index (χ3n) is 5.07. The SMILES string of the molecule is O=C(NCc1ccc(S(=O)(=O)c2cnc3ccccc3c2)cc1)c1cnc2nccn2c1. The van der Waals surface area contributed by atoms with Gasteiger partial charge in [-0.1, -0.05) is 30.3 Å². The number of aromatic nitrogens is 4. The maximum absolute atomic E-state index is 13.0. The second-order valence-electron chi connectivity index (χ2n) is 7.17. The molecule has 0 saturated carbocycles. The van der Waals surface area contributed by atoms with E-state index in [9.17, 15) is 13.2 Å². The zero-order valence-electron chi connectivity index (χ0n) is 16.7. The number of benzene rings is 2. The van der Waals surface area contributed by atoms with Crippen molar-refractivity contribution in [1.29, 1.82) is 0 Å². The molecule has 158 valence electrons. The summed E-state index contributed by atoms with van der Waals surface area (Å²) in [5, 5.41) is 3.57. The van der Waals surface area contributed by atoms with Gasteiger partial charge in [-0.2, -0.15) is 0 Å². The Morgan fingerprint density at radius 1 is 0.938 bits per heavy atom. The number of pyridine rings is 1. The zero-order valence-corrected chi connectivity index (χ0v) is 17.5. The molecule has 0 aliphatic heterocycles. The number of para-hydroxylation sites is 1. The van der Waals surface area contributed by atoms with Crippen LogP contribution in [0.15, 0.2) is 95.4 Å². The van der Waals surface area contributed by atoms with Gasteiger partial charge >= 0.3 is 0 Å². The Balaban J connectivity index is 1.31. The van der Waals surface area contributed by atoms with Crippen LogP contribution in [0.5, 0.6) is 0 Å². The fourth-order valence-corrected chi connectivity index (χ4v) is 4.58. The van der Waals surface area contributed by atoms with Crippen molar-refractivity contribution in [1.82, 2.24) is 24.7 Å². The van der Waals surface area contributed by atoms with Gasteiger partial charge in [0.15, 0.2) is 0 Å². The average Bonchev–Trinajstić information content (AvgIpc) is 3.30. The number of nitrogens with zero attached hydrogens (tertiary/aromatic N) is 4. The molecule has 32 heavy (non-hydrogen) atoms. The first-order valence-corrected chi connectivity index (χ1v) is 11.2. The van der Waals surface area contributed by atoms with E-state index in [1.165, 1.54) is 24.5 Å². The summed E-state index contributed by atoms with van der Waals surface area (Å²) >= 11 is 0. The van der Waals surface area contributed by atoms with Gasteiger partial charge in [0, 0.05) is 42.9 Å². The van der Waals surface area contributed by atoms with Crippen LogP contribution < -0.4 is 5.32 Å². The van der Waals surface area contributed by atoms with E-state index in [4.69, 9.17) is 0 Å². The summed E-state index contributed by atoms with van der Waals surface area (Å²) in [6.45, 7) is 0.249. The van der Waals surface area contributed by atoms with Gasteiger partial charge in [0.1, 0.15) is 0 Å². The number of imidazole rings is 1. The fraction of sp³-hybridized carbons (Fsp3) is 0.0435. The summed E-state index contributed by atoms with van der Waals surface area (Å²) in [5.74, 6) is 0.229. The summed E-state index contributed by atoms with van der Waals surface area (Å²) in [6, 6.07) is 15.4. The molecule has 0 atom stereocenters. The predicted octanol–water partition coefficient (Wildman–Crippen LogP) is 3.04. The second kappa shape index (κ2) is 7.86. The Morgan fingerprint density at radius 2 is 1.75 bits per heavy atom. The summed E-state index contributed by atoms with van der Waals surface area (Å²) < 4.78 is 27.7. The highest BCUT2D eigenvalue weighted by Gasteiger charge is 2.18. The number of rotatable bonds is 5. The molecule has 5 aromatic rings. The van der Waals surface area contributed by atoms with E-state index in [0.717, 1.165) is 16.5 Å². The van der Waals surface area contributed by atoms with Crippen molar-refractivity contribution >= 4 is 32.4 Å². The van der Waals surface area contributed by atoms with Gasteiger partial charge in [-0.15, -0.1) is 0 Å². The van der Waals surface area contributed by atoms with Crippen molar-refractivity contribution in [3.63, 3.8) is 0 Å². The van der Waals surface area contributed by atoms with Crippen LogP contribution in [0.1, 0.15) is 15.9 Å². The number of carbonyl (C=O) groups excluding carboxylic acids is 1. The van der Waals surface area contributed by atoms with Gasteiger partial charge in [-0.25, -0.2) is 18.4 Å². The molecule has 0 aliphatic carbocycles. The summed E-state index contributed by atoms with van der Waals surface area (Å²) in [7, 11) is -3.70. The zero-order chi connectivity index (χ0) is 22.1. The minimum Gasteiger partial charge on any atom is -0.348 e. The van der Waals surface area contributed by atoms with E-state index in [-0.39, 0.29) is 22.2 Å². The molecule has 0 bridgehead atoms. The predicted molar refractivity (Wildman–Crippen MR) is 118 cm³/mol. The van der Waals surface area contributed by atoms with Gasteiger partial charge in [-0.3, -0.25) is 14.2 Å². The number of nitrogens with one attached hydrogen (secondary N) is 1. The molecule has 0 aliphatic rings. The minimum absolute atomic E-state index is 0.139. The molecule has 3 aromatic heterocycles. The molecule has 3 heterocycles. The minimum atomic E-state index is -3.70. The number of hydrogen-bond acceptors (Lipinski definition) is 6. The van der Waals surface area contributed by atoms with E-state index >= 15 is 0 Å². The third kappa shape index (κ3) is 3.69. The van der Waals surface area contributed by atoms with Crippen molar-refractivity contribution in [2.75, 3.05) is 0 Å². The first-order valence-electron chi connectivity index (χ1n) is 9.76. The monoisotopic (exact) mass is 443 g/mol. The Bertz CT molecular complexity index is 1560. The molecular weight excluding hydrogens is 426 g/mol. The lowest BCUT2D eigenvalue weighted by Crippen LogP contribution is -2.23. The lowest BCUT2D eigenvalue weighted by molar-refractivity contribution is 0.0950. The lowest BCUT2D eigenvalue weighted by Gasteiger charge is -2.08. The highest BCUT2D eigenvalue weighted by Crippen LogP contribution is 2.23. The van der Waals surface area contributed by atoms with Crippen LogP contribution in [0, 0.1) is 0 Å². The van der Waals surface area contributed by atoms with Gasteiger partial charge in [0.2, 0.25) is 15.6 Å². The topological polar surface area (TPSA) is 106 Å². The maximum atomic E-state index is 13.0. The molecule has 1 N–H and O–H groups in total. The molecule has 0 fully saturated rings. The molecule has 5 rings (SSSR count). The van der Waals surface area contributed by atoms with Gasteiger partial charge in [0.05, 0.1) is 20.9 Å². The van der Waals surface area contributed by atoms with E-state index in [1.54, 1.807) is 41.2 Å². The van der Waals surface area contributed by atoms with Gasteiger partial charge < -0.3 is 5.32 Å². The van der Waals surface area contributed by atoms with Crippen LogP contribution in [0.3, 0.4) is 0 Å². The number of fused-ring (bicyclic) bond motifs is 2. The van der Waals surface area contributed by atoms with Crippen LogP contribution in [-0.2, 0) is 16.4 Å². The molecule has 0 radical (unpaired) electrons. The lowest BCUT2D eigenvalue weighted by atomic mass is 10.2. The van der Waals surface area contributed by atoms with E-state index in [0.29, 0.717) is 11.3 Å². The van der Waals surface area contributed by atoms with Crippen LogP contribution in [-0.4, -0.2) is 33.7 Å². The molecule has 8 nitrogen and oxygen atoms in total. The first kappa shape index (κ1) is 19.8. The summed E-state index contributed by atoms with van der Waals surface area (Å²) in [5.41, 5.74) is 1.91. The standard InChI is InChI=1S/C23H17N5O3S/c29-22(18-13-27-23-24-9-10-28(23)15-18)26-12-16-5-7-19(8-6-16)32(30,31)20-11-17-3-1-2-4-21(17)25-14-20/h1-11,13-15H,12H2,(H,26,29). The van der Waals surface area contributed by atoms with Gasteiger partial charge in [0.25, 0.3) is 5.91 Å². The Kier molecular flexibility index (Phi) is 4.87. The number of sulfone groups is 1. The number of hydrogen-bond donors (Lipinski definition) is 1. The highest BCUT2D eigenvalue weighted by molar-refractivity contribution is 7.91. The van der Waals surface area contributed by atoms with E-state index in [2.05, 4.69) is 20.3 Å². The van der Waals surface area contributed by atoms with Crippen LogP contribution in [0.2, 0.25) is 0 Å². The van der Waals surface area contributed by atoms with Crippen molar-refractivity contribution in [3.8, 4) is 0 Å². The first-order chi connectivity index (χ1) is 15.5. The molecule has 9 heteroatoms. The smallest absolute Gasteiger partial charge is 0.254 e. The van der Waals surface area contributed by atoms with Gasteiger partial charge in [-0.05, 0) is 29.8 Å². The summed E-state index contributed by atoms with van der Waals surface area (Å²) in [4.78, 5) is 25.1. The van der Waals surface area contributed by atoms with Crippen molar-refractivity contribution in [2.45, 2.75) is 16.3 Å². The van der Waals surface area contributed by atoms with E-state index in [1.807, 2.05) is 24.3 Å². The Morgan fingerprint density at radius 3 is 2.59 bits per heavy atom. The molecule has 0 unspecified atom stereocenters. The highest BCUT2D eigenvalue weighted by atomic mass is 32.2.